The van der Waals surface area contributed by atoms with Crippen molar-refractivity contribution in [3.8, 4) is 0 Å². The summed E-state index contributed by atoms with van der Waals surface area (Å²) in [6.45, 7) is 2.27. The number of unbranched alkanes of at least 4 members (excludes halogenated alkanes) is 2. The van der Waals surface area contributed by atoms with Gasteiger partial charge >= 0.3 is 0 Å². The van der Waals surface area contributed by atoms with Crippen molar-refractivity contribution in [2.75, 3.05) is 0 Å². The second-order valence-electron chi connectivity index (χ2n) is 7.25. The SMILES string of the molecule is CCCCCc1ccc2c(c1)sc1c3cc4ccccc4cc3ccc21. The van der Waals surface area contributed by atoms with Crippen molar-refractivity contribution < 1.29 is 0 Å². The van der Waals surface area contributed by atoms with Crippen LogP contribution in [-0.2, 0) is 6.42 Å². The van der Waals surface area contributed by atoms with Gasteiger partial charge < -0.3 is 0 Å². The van der Waals surface area contributed by atoms with Crippen LogP contribution in [0.5, 0.6) is 0 Å². The zero-order valence-electron chi connectivity index (χ0n) is 15.1. The van der Waals surface area contributed by atoms with Gasteiger partial charge in [-0.25, -0.2) is 0 Å². The Balaban J connectivity index is 1.72. The summed E-state index contributed by atoms with van der Waals surface area (Å²) in [4.78, 5) is 0. The number of rotatable bonds is 4. The fourth-order valence-corrected chi connectivity index (χ4v) is 5.32. The first-order valence-electron chi connectivity index (χ1n) is 9.60. The summed E-state index contributed by atoms with van der Waals surface area (Å²) in [5.74, 6) is 0. The molecule has 0 saturated carbocycles. The molecule has 1 heteroatoms. The summed E-state index contributed by atoms with van der Waals surface area (Å²) in [5, 5.41) is 8.16. The van der Waals surface area contributed by atoms with Crippen LogP contribution in [0, 0.1) is 0 Å². The third-order valence-corrected chi connectivity index (χ3v) is 6.66. The molecule has 0 aliphatic rings. The molecule has 0 aliphatic carbocycles. The number of hydrogen-bond donors (Lipinski definition) is 0. The molecule has 0 spiro atoms. The third-order valence-electron chi connectivity index (χ3n) is 5.45. The van der Waals surface area contributed by atoms with Gasteiger partial charge in [-0.3, -0.25) is 0 Å². The summed E-state index contributed by atoms with van der Waals surface area (Å²) in [6.07, 6.45) is 5.10. The summed E-state index contributed by atoms with van der Waals surface area (Å²) < 4.78 is 2.85. The summed E-state index contributed by atoms with van der Waals surface area (Å²) >= 11 is 1.95. The molecule has 26 heavy (non-hydrogen) atoms. The van der Waals surface area contributed by atoms with Crippen molar-refractivity contribution >= 4 is 53.1 Å². The summed E-state index contributed by atoms with van der Waals surface area (Å²) in [7, 11) is 0. The predicted octanol–water partition coefficient (Wildman–Crippen LogP) is 8.09. The molecule has 0 atom stereocenters. The Morgan fingerprint density at radius 1 is 0.692 bits per heavy atom. The quantitative estimate of drug-likeness (QED) is 0.226. The molecule has 0 saturated heterocycles. The second-order valence-corrected chi connectivity index (χ2v) is 8.30. The lowest BCUT2D eigenvalue weighted by Crippen LogP contribution is -1.84. The number of aryl methyl sites for hydroxylation is 1. The molecule has 5 rings (SSSR count). The molecule has 0 fully saturated rings. The Morgan fingerprint density at radius 3 is 2.35 bits per heavy atom. The topological polar surface area (TPSA) is 0 Å². The Kier molecular flexibility index (Phi) is 3.90. The summed E-state index contributed by atoms with van der Waals surface area (Å²) in [6, 6.07) is 25.0. The molecule has 0 aliphatic heterocycles. The smallest absolute Gasteiger partial charge is 0.0434 e. The second kappa shape index (κ2) is 6.41. The van der Waals surface area contributed by atoms with Gasteiger partial charge in [0.15, 0.2) is 0 Å². The fraction of sp³-hybridized carbons (Fsp3) is 0.200. The minimum atomic E-state index is 1.20. The van der Waals surface area contributed by atoms with Crippen LogP contribution < -0.4 is 0 Å². The van der Waals surface area contributed by atoms with E-state index in [9.17, 15) is 0 Å². The molecule has 4 aromatic carbocycles. The molecule has 0 bridgehead atoms. The lowest BCUT2D eigenvalue weighted by molar-refractivity contribution is 0.718. The maximum Gasteiger partial charge on any atom is 0.0434 e. The van der Waals surface area contributed by atoms with Crippen molar-refractivity contribution in [3.63, 3.8) is 0 Å². The molecule has 0 unspecified atom stereocenters. The Morgan fingerprint density at radius 2 is 1.50 bits per heavy atom. The van der Waals surface area contributed by atoms with Gasteiger partial charge in [0.2, 0.25) is 0 Å². The van der Waals surface area contributed by atoms with Crippen LogP contribution in [-0.4, -0.2) is 0 Å². The normalized spacial score (nSPS) is 11.9. The van der Waals surface area contributed by atoms with Gasteiger partial charge in [0.05, 0.1) is 0 Å². The average molecular weight is 355 g/mol. The number of thiophene rings is 1. The van der Waals surface area contributed by atoms with E-state index >= 15 is 0 Å². The highest BCUT2D eigenvalue weighted by Crippen LogP contribution is 2.40. The highest BCUT2D eigenvalue weighted by Gasteiger charge is 2.10. The molecule has 1 aromatic heterocycles. The number of fused-ring (bicyclic) bond motifs is 6. The van der Waals surface area contributed by atoms with Crippen molar-refractivity contribution in [2.24, 2.45) is 0 Å². The summed E-state index contributed by atoms with van der Waals surface area (Å²) in [5.41, 5.74) is 1.48. The number of hydrogen-bond acceptors (Lipinski definition) is 1. The number of benzene rings is 4. The van der Waals surface area contributed by atoms with E-state index in [0.717, 1.165) is 0 Å². The molecule has 0 nitrogen and oxygen atoms in total. The van der Waals surface area contributed by atoms with Crippen LogP contribution in [0.15, 0.2) is 66.7 Å². The Labute approximate surface area is 158 Å². The Hall–Kier alpha value is -2.38. The fourth-order valence-electron chi connectivity index (χ4n) is 4.03. The molecule has 5 aromatic rings. The largest absolute Gasteiger partial charge is 0.135 e. The zero-order valence-corrected chi connectivity index (χ0v) is 15.9. The lowest BCUT2D eigenvalue weighted by Gasteiger charge is -2.03. The van der Waals surface area contributed by atoms with E-state index in [1.807, 2.05) is 11.3 Å². The van der Waals surface area contributed by atoms with Gasteiger partial charge in [0.25, 0.3) is 0 Å². The molecule has 0 amide bonds. The molecule has 0 radical (unpaired) electrons. The minimum absolute atomic E-state index is 1.20. The van der Waals surface area contributed by atoms with Crippen LogP contribution in [0.1, 0.15) is 31.7 Å². The zero-order chi connectivity index (χ0) is 17.5. The first kappa shape index (κ1) is 15.8. The first-order valence-corrected chi connectivity index (χ1v) is 10.4. The maximum absolute atomic E-state index is 2.42. The highest BCUT2D eigenvalue weighted by atomic mass is 32.1. The van der Waals surface area contributed by atoms with Crippen molar-refractivity contribution in [2.45, 2.75) is 32.6 Å². The molecular weight excluding hydrogens is 332 g/mol. The maximum atomic E-state index is 2.42. The van der Waals surface area contributed by atoms with Gasteiger partial charge in [-0.1, -0.05) is 68.3 Å². The lowest BCUT2D eigenvalue weighted by atomic mass is 10.0. The van der Waals surface area contributed by atoms with Crippen LogP contribution in [0.4, 0.5) is 0 Å². The van der Waals surface area contributed by atoms with E-state index in [1.165, 1.54) is 73.0 Å². The van der Waals surface area contributed by atoms with E-state index in [1.54, 1.807) is 0 Å². The average Bonchev–Trinajstić information content (AvgIpc) is 3.05. The Bertz CT molecular complexity index is 1240. The molecular formula is C25H22S. The van der Waals surface area contributed by atoms with Crippen LogP contribution in [0.3, 0.4) is 0 Å². The molecule has 128 valence electrons. The van der Waals surface area contributed by atoms with E-state index in [0.29, 0.717) is 0 Å². The third kappa shape index (κ3) is 2.59. The molecule has 1 heterocycles. The van der Waals surface area contributed by atoms with E-state index in [4.69, 9.17) is 0 Å². The standard InChI is InChI=1S/C25H22S/c1-2-3-4-7-17-10-12-21-22-13-11-20-15-18-8-5-6-9-19(18)16-23(20)25(22)26-24(21)14-17/h5-6,8-16H,2-4,7H2,1H3. The highest BCUT2D eigenvalue weighted by molar-refractivity contribution is 7.26. The van der Waals surface area contributed by atoms with Crippen molar-refractivity contribution in [1.29, 1.82) is 0 Å². The van der Waals surface area contributed by atoms with Crippen molar-refractivity contribution in [1.82, 2.24) is 0 Å². The van der Waals surface area contributed by atoms with E-state index < -0.39 is 0 Å². The van der Waals surface area contributed by atoms with Crippen molar-refractivity contribution in [3.05, 3.63) is 72.3 Å². The predicted molar refractivity (Wildman–Crippen MR) is 118 cm³/mol. The van der Waals surface area contributed by atoms with Gasteiger partial charge in [-0.05, 0) is 52.8 Å². The minimum Gasteiger partial charge on any atom is -0.135 e. The van der Waals surface area contributed by atoms with Crippen LogP contribution in [0.25, 0.3) is 41.7 Å². The van der Waals surface area contributed by atoms with Crippen LogP contribution >= 0.6 is 11.3 Å². The first-order chi connectivity index (χ1) is 12.8. The van der Waals surface area contributed by atoms with E-state index in [-0.39, 0.29) is 0 Å². The van der Waals surface area contributed by atoms with Crippen LogP contribution in [0.2, 0.25) is 0 Å². The van der Waals surface area contributed by atoms with Gasteiger partial charge in [0, 0.05) is 25.6 Å². The van der Waals surface area contributed by atoms with Gasteiger partial charge in [-0.2, -0.15) is 0 Å². The van der Waals surface area contributed by atoms with Gasteiger partial charge in [-0.15, -0.1) is 11.3 Å². The molecule has 0 N–H and O–H groups in total. The monoisotopic (exact) mass is 354 g/mol. The van der Waals surface area contributed by atoms with Gasteiger partial charge in [0.1, 0.15) is 0 Å². The van der Waals surface area contributed by atoms with E-state index in [2.05, 4.69) is 73.7 Å².